The first-order valence-corrected chi connectivity index (χ1v) is 10.2. The van der Waals surface area contributed by atoms with E-state index >= 15 is 0 Å². The summed E-state index contributed by atoms with van der Waals surface area (Å²) >= 11 is 0. The Kier molecular flexibility index (Phi) is 5.66. The predicted octanol–water partition coefficient (Wildman–Crippen LogP) is 0.899. The summed E-state index contributed by atoms with van der Waals surface area (Å²) in [7, 11) is 0. The lowest BCUT2D eigenvalue weighted by molar-refractivity contribution is -0.138. The number of rotatable bonds is 6. The second-order valence-electron chi connectivity index (χ2n) is 8.20. The van der Waals surface area contributed by atoms with Crippen LogP contribution in [0.1, 0.15) is 31.2 Å². The van der Waals surface area contributed by atoms with Gasteiger partial charge in [0.15, 0.2) is 0 Å². The van der Waals surface area contributed by atoms with E-state index in [1.807, 2.05) is 12.3 Å². The molecule has 4 rings (SSSR count). The van der Waals surface area contributed by atoms with Gasteiger partial charge in [-0.25, -0.2) is 9.78 Å². The highest BCUT2D eigenvalue weighted by Crippen LogP contribution is 2.25. The lowest BCUT2D eigenvalue weighted by Crippen LogP contribution is -2.65. The highest BCUT2D eigenvalue weighted by atomic mass is 16.4. The van der Waals surface area contributed by atoms with Crippen molar-refractivity contribution >= 4 is 23.7 Å². The van der Waals surface area contributed by atoms with E-state index in [-0.39, 0.29) is 24.4 Å². The Hall–Kier alpha value is -2.68. The van der Waals surface area contributed by atoms with Crippen molar-refractivity contribution in [2.75, 3.05) is 37.6 Å². The number of carboxylic acids is 1. The van der Waals surface area contributed by atoms with Gasteiger partial charge in [-0.3, -0.25) is 19.8 Å². The van der Waals surface area contributed by atoms with Gasteiger partial charge in [-0.05, 0) is 43.5 Å². The summed E-state index contributed by atoms with van der Waals surface area (Å²) in [4.78, 5) is 44.8. The number of hydrogen-bond acceptors (Lipinski definition) is 6. The Morgan fingerprint density at radius 3 is 2.55 bits per heavy atom. The molecule has 0 saturated carbocycles. The molecule has 3 aliphatic rings. The fourth-order valence-electron chi connectivity index (χ4n) is 4.32. The molecule has 0 radical (unpaired) electrons. The highest BCUT2D eigenvalue weighted by molar-refractivity contribution is 5.96. The van der Waals surface area contributed by atoms with Crippen LogP contribution in [-0.2, 0) is 16.1 Å². The van der Waals surface area contributed by atoms with Gasteiger partial charge < -0.3 is 14.9 Å². The maximum atomic E-state index is 11.9. The van der Waals surface area contributed by atoms with Crippen LogP contribution >= 0.6 is 0 Å². The zero-order valence-electron chi connectivity index (χ0n) is 16.4. The van der Waals surface area contributed by atoms with E-state index in [0.717, 1.165) is 56.9 Å². The zero-order chi connectivity index (χ0) is 20.4. The fourth-order valence-corrected chi connectivity index (χ4v) is 4.32. The van der Waals surface area contributed by atoms with Crippen molar-refractivity contribution in [3.8, 4) is 0 Å². The standard InChI is InChI=1S/C20H27N5O4/c26-18-5-8-25(20(29)22-18)16-12-24(13-16)17-2-1-15(10-21-17)11-23-6-3-14(4-7-23)9-19(27)28/h1-2,10,14,16H,3-9,11-13H2,(H,27,28)(H,22,26,29). The van der Waals surface area contributed by atoms with Gasteiger partial charge in [0, 0.05) is 45.2 Å². The minimum atomic E-state index is -0.703. The molecule has 0 unspecified atom stereocenters. The number of nitrogens with zero attached hydrogens (tertiary/aromatic N) is 4. The first-order chi connectivity index (χ1) is 14.0. The third-order valence-electron chi connectivity index (χ3n) is 6.10. The van der Waals surface area contributed by atoms with Gasteiger partial charge in [0.1, 0.15) is 5.82 Å². The number of carbonyl (C=O) groups excluding carboxylic acids is 2. The average Bonchev–Trinajstić information content (AvgIpc) is 2.65. The Morgan fingerprint density at radius 1 is 1.17 bits per heavy atom. The Bertz CT molecular complexity index is 770. The summed E-state index contributed by atoms with van der Waals surface area (Å²) in [5.41, 5.74) is 1.15. The van der Waals surface area contributed by atoms with Crippen molar-refractivity contribution in [1.82, 2.24) is 20.1 Å². The maximum Gasteiger partial charge on any atom is 0.324 e. The molecule has 0 spiro atoms. The summed E-state index contributed by atoms with van der Waals surface area (Å²) < 4.78 is 0. The summed E-state index contributed by atoms with van der Waals surface area (Å²) in [5, 5.41) is 11.3. The largest absolute Gasteiger partial charge is 0.481 e. The van der Waals surface area contributed by atoms with Crippen LogP contribution in [-0.4, -0.2) is 76.6 Å². The van der Waals surface area contributed by atoms with E-state index in [1.54, 1.807) is 4.90 Å². The molecule has 4 heterocycles. The second kappa shape index (κ2) is 8.36. The van der Waals surface area contributed by atoms with Gasteiger partial charge in [0.25, 0.3) is 0 Å². The number of carbonyl (C=O) groups is 3. The molecule has 3 aliphatic heterocycles. The maximum absolute atomic E-state index is 11.9. The molecule has 3 amide bonds. The van der Waals surface area contributed by atoms with Crippen LogP contribution in [0.2, 0.25) is 0 Å². The van der Waals surface area contributed by atoms with Crippen molar-refractivity contribution in [2.45, 2.75) is 38.3 Å². The summed E-state index contributed by atoms with van der Waals surface area (Å²) in [6, 6.07) is 3.94. The van der Waals surface area contributed by atoms with Crippen LogP contribution in [0, 0.1) is 5.92 Å². The third-order valence-corrected chi connectivity index (χ3v) is 6.10. The highest BCUT2D eigenvalue weighted by Gasteiger charge is 2.37. The molecule has 9 nitrogen and oxygen atoms in total. The number of anilines is 1. The van der Waals surface area contributed by atoms with Crippen molar-refractivity contribution in [1.29, 1.82) is 0 Å². The lowest BCUT2D eigenvalue weighted by Gasteiger charge is -2.46. The molecule has 29 heavy (non-hydrogen) atoms. The molecule has 3 fully saturated rings. The molecule has 0 bridgehead atoms. The molecule has 1 aromatic rings. The van der Waals surface area contributed by atoms with Gasteiger partial charge in [0.2, 0.25) is 5.91 Å². The zero-order valence-corrected chi connectivity index (χ0v) is 16.4. The van der Waals surface area contributed by atoms with E-state index in [0.29, 0.717) is 18.9 Å². The minimum absolute atomic E-state index is 0.122. The molecular weight excluding hydrogens is 374 g/mol. The van der Waals surface area contributed by atoms with Crippen LogP contribution < -0.4 is 10.2 Å². The predicted molar refractivity (Wildman–Crippen MR) is 105 cm³/mol. The summed E-state index contributed by atoms with van der Waals surface area (Å²) in [6.07, 6.45) is 4.41. The normalized spacial score (nSPS) is 21.8. The van der Waals surface area contributed by atoms with Crippen LogP contribution in [0.15, 0.2) is 18.3 Å². The number of aromatic nitrogens is 1. The van der Waals surface area contributed by atoms with Gasteiger partial charge >= 0.3 is 12.0 Å². The monoisotopic (exact) mass is 401 g/mol. The van der Waals surface area contributed by atoms with Crippen LogP contribution in [0.5, 0.6) is 0 Å². The SMILES string of the molecule is O=C(O)CC1CCN(Cc2ccc(N3CC(N4CCC(=O)NC4=O)C3)nc2)CC1. The van der Waals surface area contributed by atoms with E-state index in [9.17, 15) is 14.4 Å². The number of hydrogen-bond donors (Lipinski definition) is 2. The number of pyridine rings is 1. The molecule has 1 aromatic heterocycles. The first kappa shape index (κ1) is 19.6. The topological polar surface area (TPSA) is 106 Å². The van der Waals surface area contributed by atoms with Crippen molar-refractivity contribution < 1.29 is 19.5 Å². The van der Waals surface area contributed by atoms with Gasteiger partial charge in [-0.2, -0.15) is 0 Å². The number of imide groups is 1. The van der Waals surface area contributed by atoms with Gasteiger partial charge in [-0.1, -0.05) is 6.07 Å². The Morgan fingerprint density at radius 2 is 1.93 bits per heavy atom. The third kappa shape index (κ3) is 4.67. The van der Waals surface area contributed by atoms with Crippen LogP contribution in [0.4, 0.5) is 10.6 Å². The average molecular weight is 401 g/mol. The van der Waals surface area contributed by atoms with E-state index in [2.05, 4.69) is 26.2 Å². The number of urea groups is 1. The first-order valence-electron chi connectivity index (χ1n) is 10.2. The number of nitrogens with one attached hydrogen (secondary N) is 1. The smallest absolute Gasteiger partial charge is 0.324 e. The number of carboxylic acid groups (broad SMARTS) is 1. The quantitative estimate of drug-likeness (QED) is 0.729. The van der Waals surface area contributed by atoms with Crippen LogP contribution in [0.3, 0.4) is 0 Å². The van der Waals surface area contributed by atoms with E-state index in [1.165, 1.54) is 0 Å². The Labute approximate surface area is 169 Å². The number of piperidine rings is 1. The lowest BCUT2D eigenvalue weighted by atomic mass is 9.93. The number of amides is 3. The minimum Gasteiger partial charge on any atom is -0.481 e. The van der Waals surface area contributed by atoms with Gasteiger partial charge in [0.05, 0.1) is 6.04 Å². The molecule has 0 atom stereocenters. The molecule has 2 N–H and O–H groups in total. The molecule has 9 heteroatoms. The summed E-state index contributed by atoms with van der Waals surface area (Å²) in [5.74, 6) is 0.291. The summed E-state index contributed by atoms with van der Waals surface area (Å²) in [6.45, 7) is 4.62. The molecule has 156 valence electrons. The number of likely N-dealkylation sites (tertiary alicyclic amines) is 1. The molecular formula is C20H27N5O4. The molecule has 0 aliphatic carbocycles. The van der Waals surface area contributed by atoms with Crippen LogP contribution in [0.25, 0.3) is 0 Å². The van der Waals surface area contributed by atoms with E-state index < -0.39 is 5.97 Å². The fraction of sp³-hybridized carbons (Fsp3) is 0.600. The van der Waals surface area contributed by atoms with E-state index in [4.69, 9.17) is 5.11 Å². The molecule has 0 aromatic carbocycles. The van der Waals surface area contributed by atoms with Crippen molar-refractivity contribution in [2.24, 2.45) is 5.92 Å². The number of aliphatic carboxylic acids is 1. The second-order valence-corrected chi connectivity index (χ2v) is 8.20. The van der Waals surface area contributed by atoms with Gasteiger partial charge in [-0.15, -0.1) is 0 Å². The van der Waals surface area contributed by atoms with Crippen molar-refractivity contribution in [3.63, 3.8) is 0 Å². The van der Waals surface area contributed by atoms with Crippen molar-refractivity contribution in [3.05, 3.63) is 23.9 Å². The molecule has 3 saturated heterocycles. The Balaban J connectivity index is 1.23.